The van der Waals surface area contributed by atoms with Gasteiger partial charge >= 0.3 is 5.97 Å². The number of aliphatic hydroxyl groups is 1. The number of allylic oxidation sites excluding steroid dienone is 1. The normalized spacial score (nSPS) is 30.7. The van der Waals surface area contributed by atoms with Gasteiger partial charge in [0.25, 0.3) is 5.91 Å². The highest BCUT2D eigenvalue weighted by molar-refractivity contribution is 5.99. The first kappa shape index (κ1) is 36.4. The van der Waals surface area contributed by atoms with Gasteiger partial charge in [0.2, 0.25) is 11.8 Å². The Labute approximate surface area is 307 Å². The Morgan fingerprint density at radius 2 is 1.83 bits per heavy atom. The van der Waals surface area contributed by atoms with Crippen LogP contribution in [0.15, 0.2) is 78.9 Å². The van der Waals surface area contributed by atoms with Crippen LogP contribution >= 0.6 is 0 Å². The van der Waals surface area contributed by atoms with E-state index >= 15 is 4.79 Å². The Morgan fingerprint density at radius 1 is 1.06 bits per heavy atom. The zero-order valence-corrected chi connectivity index (χ0v) is 30.1. The molecule has 280 valence electrons. The molecule has 0 unspecified atom stereocenters. The number of aliphatic hydroxyl groups excluding tert-OH is 1. The van der Waals surface area contributed by atoms with E-state index in [1.807, 2.05) is 68.5 Å². The molecule has 3 aromatic rings. The standard InChI is InChI=1S/C39H46N6O8/c1-4-24(2)29(21-46)45-35-37(49)43(23-44-28-16-11-10-15-26(28)41-42-44)20-12-6-9-17-31(47)40-27(22-51-3)34(25-13-7-5-8-14-25)52-38(50)32-30-18-19-39(35,53-30)33(32)36(45)48/h5-8,10-16,18-19,24,27,29-30,32-35,46H,4,9,17,20-23H2,1-3H3,(H,40,47)/b12-6-/t24-,27+,29-,30-,32+,33+,34+,35-,39+/m0/s1. The molecule has 0 aliphatic carbocycles. The SMILES string of the molecule is CC[C@H](C)[C@H](CO)N1C(=O)[C@H]2[C@@H]3C(=O)O[C@H](c4ccccc4)[C@@H](COC)NC(=O)CC/C=C\CN(Cn4nnc5ccccc54)C(=O)[C@H]1[C@@]21C=C[C@@H]3O1. The molecular weight excluding hydrogens is 680 g/mol. The molecule has 14 nitrogen and oxygen atoms in total. The first-order valence-electron chi connectivity index (χ1n) is 18.3. The van der Waals surface area contributed by atoms with E-state index in [0.717, 1.165) is 0 Å². The number of aromatic nitrogens is 3. The zero-order valence-electron chi connectivity index (χ0n) is 30.1. The van der Waals surface area contributed by atoms with Crippen molar-refractivity contribution >= 4 is 34.7 Å². The molecule has 4 aliphatic rings. The number of amides is 3. The van der Waals surface area contributed by atoms with Crippen LogP contribution in [0.3, 0.4) is 0 Å². The number of para-hydroxylation sites is 1. The van der Waals surface area contributed by atoms with Crippen LogP contribution in [0.2, 0.25) is 0 Å². The van der Waals surface area contributed by atoms with Crippen molar-refractivity contribution in [3.05, 3.63) is 84.5 Å². The Balaban J connectivity index is 1.34. The van der Waals surface area contributed by atoms with Gasteiger partial charge < -0.3 is 34.4 Å². The second kappa shape index (κ2) is 15.2. The van der Waals surface area contributed by atoms with Gasteiger partial charge in [-0.05, 0) is 30.0 Å². The van der Waals surface area contributed by atoms with Gasteiger partial charge in [-0.1, -0.05) is 92.3 Å². The minimum absolute atomic E-state index is 0.00730. The first-order valence-corrected chi connectivity index (χ1v) is 18.3. The zero-order chi connectivity index (χ0) is 37.3. The average molecular weight is 727 g/mol. The molecule has 53 heavy (non-hydrogen) atoms. The fraction of sp³-hybridized carbons (Fsp3) is 0.487. The molecular formula is C39H46N6O8. The molecule has 0 radical (unpaired) electrons. The number of benzene rings is 2. The van der Waals surface area contributed by atoms with Gasteiger partial charge in [0.15, 0.2) is 0 Å². The average Bonchev–Trinajstić information content (AvgIpc) is 3.92. The number of methoxy groups -OCH3 is 1. The summed E-state index contributed by atoms with van der Waals surface area (Å²) in [5.41, 5.74) is 0.498. The summed E-state index contributed by atoms with van der Waals surface area (Å²) in [6, 6.07) is 13.8. The largest absolute Gasteiger partial charge is 0.455 e. The lowest BCUT2D eigenvalue weighted by molar-refractivity contribution is -0.163. The van der Waals surface area contributed by atoms with E-state index in [4.69, 9.17) is 14.2 Å². The molecule has 2 aromatic carbocycles. The Bertz CT molecular complexity index is 1900. The number of rotatable bonds is 9. The quantitative estimate of drug-likeness (QED) is 0.247. The molecule has 0 saturated carbocycles. The topological polar surface area (TPSA) is 165 Å². The Kier molecular flexibility index (Phi) is 10.5. The minimum Gasteiger partial charge on any atom is -0.455 e. The summed E-state index contributed by atoms with van der Waals surface area (Å²) in [5.74, 6) is -4.25. The van der Waals surface area contributed by atoms with Gasteiger partial charge in [-0.2, -0.15) is 0 Å². The lowest BCUT2D eigenvalue weighted by Gasteiger charge is -2.40. The molecule has 14 heteroatoms. The highest BCUT2D eigenvalue weighted by Gasteiger charge is 2.74. The summed E-state index contributed by atoms with van der Waals surface area (Å²) in [4.78, 5) is 61.0. The van der Waals surface area contributed by atoms with Crippen LogP contribution in [0.5, 0.6) is 0 Å². The van der Waals surface area contributed by atoms with Crippen molar-refractivity contribution in [1.29, 1.82) is 0 Å². The molecule has 5 bridgehead atoms. The van der Waals surface area contributed by atoms with Crippen molar-refractivity contribution in [3.8, 4) is 0 Å². The number of hydrogen-bond acceptors (Lipinski definition) is 10. The summed E-state index contributed by atoms with van der Waals surface area (Å²) >= 11 is 0. The number of nitrogens with one attached hydrogen (secondary N) is 1. The number of fused-ring (bicyclic) bond motifs is 3. The van der Waals surface area contributed by atoms with Crippen LogP contribution in [-0.2, 0) is 40.1 Å². The van der Waals surface area contributed by atoms with Gasteiger partial charge in [-0.3, -0.25) is 19.2 Å². The third-order valence-corrected chi connectivity index (χ3v) is 11.2. The van der Waals surface area contributed by atoms with Crippen molar-refractivity contribution < 1.29 is 38.5 Å². The summed E-state index contributed by atoms with van der Waals surface area (Å²) < 4.78 is 20.1. The van der Waals surface area contributed by atoms with Crippen LogP contribution in [0.25, 0.3) is 11.0 Å². The molecule has 9 atom stereocenters. The smallest absolute Gasteiger partial charge is 0.313 e. The monoisotopic (exact) mass is 726 g/mol. The van der Waals surface area contributed by atoms with Gasteiger partial charge in [0.05, 0.1) is 42.8 Å². The second-order valence-corrected chi connectivity index (χ2v) is 14.3. The molecule has 3 amide bonds. The molecule has 2 fully saturated rings. The highest BCUT2D eigenvalue weighted by atomic mass is 16.6. The number of nitrogens with zero attached hydrogens (tertiary/aromatic N) is 5. The Hall–Kier alpha value is -4.92. The van der Waals surface area contributed by atoms with Crippen LogP contribution < -0.4 is 5.32 Å². The van der Waals surface area contributed by atoms with E-state index in [2.05, 4.69) is 15.6 Å². The molecule has 1 aromatic heterocycles. The van der Waals surface area contributed by atoms with Crippen molar-refractivity contribution in [1.82, 2.24) is 30.1 Å². The number of ether oxygens (including phenoxy) is 3. The second-order valence-electron chi connectivity index (χ2n) is 14.3. The van der Waals surface area contributed by atoms with Crippen LogP contribution in [0.4, 0.5) is 0 Å². The van der Waals surface area contributed by atoms with Gasteiger partial charge in [-0.25, -0.2) is 4.68 Å². The lowest BCUT2D eigenvalue weighted by Crippen LogP contribution is -2.59. The van der Waals surface area contributed by atoms with E-state index in [1.54, 1.807) is 33.9 Å². The fourth-order valence-corrected chi connectivity index (χ4v) is 8.33. The summed E-state index contributed by atoms with van der Waals surface area (Å²) in [5, 5.41) is 22.4. The number of likely N-dealkylation sites (tertiary alicyclic amines) is 1. The predicted octanol–water partition coefficient (Wildman–Crippen LogP) is 2.54. The van der Waals surface area contributed by atoms with Gasteiger partial charge in [0.1, 0.15) is 35.9 Å². The summed E-state index contributed by atoms with van der Waals surface area (Å²) in [7, 11) is 1.51. The maximum absolute atomic E-state index is 15.2. The third kappa shape index (κ3) is 6.53. The molecule has 5 heterocycles. The number of carbonyl (C=O) groups excluding carboxylic acids is 4. The number of esters is 1. The van der Waals surface area contributed by atoms with E-state index in [0.29, 0.717) is 29.4 Å². The van der Waals surface area contributed by atoms with Crippen molar-refractivity contribution in [3.63, 3.8) is 0 Å². The first-order chi connectivity index (χ1) is 25.7. The number of cyclic esters (lactones) is 1. The minimum atomic E-state index is -1.51. The van der Waals surface area contributed by atoms with Crippen LogP contribution in [0, 0.1) is 17.8 Å². The van der Waals surface area contributed by atoms with Crippen LogP contribution in [-0.4, -0.2) is 110 Å². The van der Waals surface area contributed by atoms with E-state index in [1.165, 1.54) is 12.0 Å². The maximum Gasteiger partial charge on any atom is 0.313 e. The third-order valence-electron chi connectivity index (χ3n) is 11.2. The van der Waals surface area contributed by atoms with Gasteiger partial charge in [0, 0.05) is 20.1 Å². The molecule has 2 saturated heterocycles. The number of carbonyl (C=O) groups is 4. The highest BCUT2D eigenvalue weighted by Crippen LogP contribution is 2.56. The van der Waals surface area contributed by atoms with Gasteiger partial charge in [-0.15, -0.1) is 5.10 Å². The summed E-state index contributed by atoms with van der Waals surface area (Å²) in [6.45, 7) is 3.65. The lowest BCUT2D eigenvalue weighted by atomic mass is 9.74. The Morgan fingerprint density at radius 3 is 2.58 bits per heavy atom. The fourth-order valence-electron chi connectivity index (χ4n) is 8.33. The van der Waals surface area contributed by atoms with Crippen molar-refractivity contribution in [2.75, 3.05) is 26.9 Å². The summed E-state index contributed by atoms with van der Waals surface area (Å²) in [6.07, 6.45) is 6.45. The van der Waals surface area contributed by atoms with E-state index in [9.17, 15) is 19.5 Å². The molecule has 1 spiro atoms. The predicted molar refractivity (Wildman–Crippen MR) is 191 cm³/mol. The molecule has 7 rings (SSSR count). The molecule has 2 N–H and O–H groups in total. The molecule has 4 aliphatic heterocycles. The van der Waals surface area contributed by atoms with Crippen LogP contribution in [0.1, 0.15) is 44.8 Å². The maximum atomic E-state index is 15.2. The van der Waals surface area contributed by atoms with E-state index < -0.39 is 72.2 Å². The number of hydrogen-bond donors (Lipinski definition) is 2. The van der Waals surface area contributed by atoms with E-state index in [-0.39, 0.29) is 38.1 Å². The van der Waals surface area contributed by atoms with Crippen molar-refractivity contribution in [2.24, 2.45) is 17.8 Å². The van der Waals surface area contributed by atoms with Crippen molar-refractivity contribution in [2.45, 2.75) is 75.7 Å².